The monoisotopic (exact) mass is 436 g/mol. The van der Waals surface area contributed by atoms with Gasteiger partial charge in [0.05, 0.1) is 24.2 Å². The molecule has 154 valence electrons. The Hall–Kier alpha value is -1.65. The molecule has 0 radical (unpaired) electrons. The predicted octanol–water partition coefficient (Wildman–Crippen LogP) is 1.63. The van der Waals surface area contributed by atoms with Crippen molar-refractivity contribution in [3.63, 3.8) is 0 Å². The first-order valence-corrected chi connectivity index (χ1v) is 10.4. The third kappa shape index (κ3) is 4.15. The summed E-state index contributed by atoms with van der Waals surface area (Å²) in [7, 11) is 0. The van der Waals surface area contributed by atoms with Crippen molar-refractivity contribution in [2.45, 2.75) is 41.6 Å². The van der Waals surface area contributed by atoms with Crippen molar-refractivity contribution in [2.75, 3.05) is 6.61 Å². The van der Waals surface area contributed by atoms with Crippen molar-refractivity contribution in [2.24, 2.45) is 0 Å². The highest BCUT2D eigenvalue weighted by molar-refractivity contribution is 7.99. The molecular formula is C20H21ClN2O5S. The normalized spacial score (nSPS) is 27.4. The molecule has 5 atom stereocenters. The van der Waals surface area contributed by atoms with Crippen LogP contribution in [0.15, 0.2) is 53.7 Å². The lowest BCUT2D eigenvalue weighted by molar-refractivity contribution is -0.205. The summed E-state index contributed by atoms with van der Waals surface area (Å²) in [6.07, 6.45) is -5.10. The van der Waals surface area contributed by atoms with Gasteiger partial charge in [-0.2, -0.15) is 0 Å². The summed E-state index contributed by atoms with van der Waals surface area (Å²) >= 11 is 7.13. The van der Waals surface area contributed by atoms with E-state index in [1.54, 1.807) is 0 Å². The highest BCUT2D eigenvalue weighted by Crippen LogP contribution is 2.35. The summed E-state index contributed by atoms with van der Waals surface area (Å²) in [5.41, 5.74) is 1.82. The maximum atomic E-state index is 10.4. The van der Waals surface area contributed by atoms with Crippen molar-refractivity contribution in [1.29, 1.82) is 0 Å². The van der Waals surface area contributed by atoms with Gasteiger partial charge in [0.15, 0.2) is 5.16 Å². The minimum atomic E-state index is -1.42. The van der Waals surface area contributed by atoms with E-state index in [0.717, 1.165) is 28.4 Å². The Balaban J connectivity index is 1.67. The summed E-state index contributed by atoms with van der Waals surface area (Å²) in [6, 6.07) is 15.2. The van der Waals surface area contributed by atoms with Crippen LogP contribution in [-0.4, -0.2) is 66.4 Å². The number of hydrogen-bond donors (Lipinski definition) is 4. The summed E-state index contributed by atoms with van der Waals surface area (Å²) in [5, 5.41) is 41.1. The Morgan fingerprint density at radius 2 is 1.72 bits per heavy atom. The minimum absolute atomic E-state index is 0.469. The van der Waals surface area contributed by atoms with Gasteiger partial charge in [0.2, 0.25) is 0 Å². The molecule has 3 aromatic rings. The van der Waals surface area contributed by atoms with Crippen molar-refractivity contribution >= 4 is 34.4 Å². The van der Waals surface area contributed by atoms with Crippen LogP contribution in [0.4, 0.5) is 0 Å². The summed E-state index contributed by atoms with van der Waals surface area (Å²) < 4.78 is 7.62. The van der Waals surface area contributed by atoms with Crippen LogP contribution in [0.25, 0.3) is 11.0 Å². The van der Waals surface area contributed by atoms with Crippen LogP contribution in [0.5, 0.6) is 0 Å². The Morgan fingerprint density at radius 3 is 2.45 bits per heavy atom. The molecule has 1 aromatic heterocycles. The highest BCUT2D eigenvalue weighted by atomic mass is 35.5. The Kier molecular flexibility index (Phi) is 6.12. The summed E-state index contributed by atoms with van der Waals surface area (Å²) in [4.78, 5) is 4.65. The largest absolute Gasteiger partial charge is 0.394 e. The smallest absolute Gasteiger partial charge is 0.171 e. The first-order valence-electron chi connectivity index (χ1n) is 9.15. The maximum Gasteiger partial charge on any atom is 0.171 e. The van der Waals surface area contributed by atoms with Gasteiger partial charge >= 0.3 is 0 Å². The Bertz CT molecular complexity index is 981. The first-order chi connectivity index (χ1) is 14.0. The number of fused-ring (bicyclic) bond motifs is 1. The van der Waals surface area contributed by atoms with Crippen LogP contribution >= 0.6 is 23.4 Å². The van der Waals surface area contributed by atoms with E-state index in [9.17, 15) is 20.4 Å². The van der Waals surface area contributed by atoms with Gasteiger partial charge in [-0.1, -0.05) is 47.6 Å². The Labute approximate surface area is 176 Å². The number of ether oxygens (including phenoxy) is 1. The topological polar surface area (TPSA) is 108 Å². The van der Waals surface area contributed by atoms with Gasteiger partial charge in [-0.15, -0.1) is 0 Å². The number of benzene rings is 2. The van der Waals surface area contributed by atoms with Gasteiger partial charge in [0, 0.05) is 5.02 Å². The number of aromatic nitrogens is 2. The number of para-hydroxylation sites is 2. The van der Waals surface area contributed by atoms with E-state index in [1.807, 2.05) is 53.1 Å². The third-order valence-electron chi connectivity index (χ3n) is 4.94. The molecule has 2 aromatic carbocycles. The van der Waals surface area contributed by atoms with E-state index < -0.39 is 36.5 Å². The molecule has 0 spiro atoms. The molecule has 1 saturated heterocycles. The van der Waals surface area contributed by atoms with Gasteiger partial charge in [-0.05, 0) is 29.8 Å². The maximum absolute atomic E-state index is 10.4. The molecule has 5 unspecified atom stereocenters. The molecule has 0 aliphatic carbocycles. The quantitative estimate of drug-likeness (QED) is 0.481. The van der Waals surface area contributed by atoms with E-state index in [2.05, 4.69) is 4.98 Å². The lowest BCUT2D eigenvalue weighted by atomic mass is 10.0. The second-order valence-corrected chi connectivity index (χ2v) is 8.41. The number of rotatable bonds is 5. The number of aliphatic hydroxyl groups excluding tert-OH is 4. The number of nitrogens with zero attached hydrogens (tertiary/aromatic N) is 2. The minimum Gasteiger partial charge on any atom is -0.394 e. The van der Waals surface area contributed by atoms with Crippen LogP contribution in [-0.2, 0) is 11.3 Å². The summed E-state index contributed by atoms with van der Waals surface area (Å²) in [5.74, 6) is 0. The van der Waals surface area contributed by atoms with Crippen LogP contribution in [0.3, 0.4) is 0 Å². The van der Waals surface area contributed by atoms with Crippen molar-refractivity contribution < 1.29 is 25.2 Å². The molecule has 4 rings (SSSR count). The van der Waals surface area contributed by atoms with E-state index in [-0.39, 0.29) is 0 Å². The molecule has 1 fully saturated rings. The van der Waals surface area contributed by atoms with E-state index in [0.29, 0.717) is 16.7 Å². The molecule has 29 heavy (non-hydrogen) atoms. The Morgan fingerprint density at radius 1 is 1.00 bits per heavy atom. The van der Waals surface area contributed by atoms with Crippen molar-refractivity contribution in [1.82, 2.24) is 9.55 Å². The van der Waals surface area contributed by atoms with E-state index >= 15 is 0 Å². The van der Waals surface area contributed by atoms with Gasteiger partial charge in [0.1, 0.15) is 29.9 Å². The third-order valence-corrected chi connectivity index (χ3v) is 6.34. The molecule has 2 heterocycles. The van der Waals surface area contributed by atoms with Crippen LogP contribution < -0.4 is 0 Å². The van der Waals surface area contributed by atoms with Crippen LogP contribution in [0, 0.1) is 0 Å². The highest BCUT2D eigenvalue weighted by Gasteiger charge is 2.44. The fourth-order valence-electron chi connectivity index (χ4n) is 3.34. The zero-order chi connectivity index (χ0) is 20.5. The zero-order valence-electron chi connectivity index (χ0n) is 15.3. The molecular weight excluding hydrogens is 416 g/mol. The van der Waals surface area contributed by atoms with Crippen LogP contribution in [0.1, 0.15) is 5.56 Å². The molecule has 0 saturated carbocycles. The fraction of sp³-hybridized carbons (Fsp3) is 0.350. The van der Waals surface area contributed by atoms with E-state index in [4.69, 9.17) is 16.3 Å². The number of halogens is 1. The lowest BCUT2D eigenvalue weighted by Crippen LogP contribution is -2.57. The first kappa shape index (κ1) is 20.6. The van der Waals surface area contributed by atoms with Gasteiger partial charge in [-0.25, -0.2) is 4.98 Å². The average molecular weight is 437 g/mol. The molecule has 1 aliphatic heterocycles. The number of imidazole rings is 1. The second kappa shape index (κ2) is 8.61. The average Bonchev–Trinajstić information content (AvgIpc) is 3.07. The molecule has 0 amide bonds. The number of thioether (sulfide) groups is 1. The molecule has 1 aliphatic rings. The van der Waals surface area contributed by atoms with Crippen LogP contribution in [0.2, 0.25) is 5.02 Å². The molecule has 9 heteroatoms. The van der Waals surface area contributed by atoms with Gasteiger partial charge in [0.25, 0.3) is 0 Å². The van der Waals surface area contributed by atoms with E-state index in [1.165, 1.54) is 0 Å². The molecule has 7 nitrogen and oxygen atoms in total. The van der Waals surface area contributed by atoms with Gasteiger partial charge < -0.3 is 29.7 Å². The number of hydrogen-bond acceptors (Lipinski definition) is 7. The lowest BCUT2D eigenvalue weighted by Gasteiger charge is -2.39. The predicted molar refractivity (Wildman–Crippen MR) is 110 cm³/mol. The van der Waals surface area contributed by atoms with Crippen molar-refractivity contribution in [3.8, 4) is 0 Å². The summed E-state index contributed by atoms with van der Waals surface area (Å²) in [6.45, 7) is 0.0562. The molecule has 0 bridgehead atoms. The SMILES string of the molecule is OCC1OC(Sc2nc3ccccc3n2Cc2ccc(Cl)cc2)C(O)C(O)C1O. The second-order valence-electron chi connectivity index (χ2n) is 6.91. The standard InChI is InChI=1S/C20H21ClN2O5S/c21-12-7-5-11(6-8-12)9-23-14-4-2-1-3-13(14)22-20(23)29-19-18(27)17(26)16(25)15(10-24)28-19/h1-8,15-19,24-27H,9-10H2. The fourth-order valence-corrected chi connectivity index (χ4v) is 4.61. The zero-order valence-corrected chi connectivity index (χ0v) is 16.9. The molecule has 4 N–H and O–H groups in total. The number of aliphatic hydroxyl groups is 4. The van der Waals surface area contributed by atoms with Gasteiger partial charge in [-0.3, -0.25) is 0 Å². The van der Waals surface area contributed by atoms with Crippen molar-refractivity contribution in [3.05, 3.63) is 59.1 Å².